The predicted molar refractivity (Wildman–Crippen MR) is 136 cm³/mol. The summed E-state index contributed by atoms with van der Waals surface area (Å²) in [6.07, 6.45) is -2.96. The maximum Gasteiger partial charge on any atom is 0.360 e. The lowest BCUT2D eigenvalue weighted by molar-refractivity contribution is -0.306. The van der Waals surface area contributed by atoms with Crippen LogP contribution in [0.25, 0.3) is 21.9 Å². The number of benzene rings is 2. The lowest BCUT2D eigenvalue weighted by Gasteiger charge is -2.46. The van der Waals surface area contributed by atoms with Crippen molar-refractivity contribution in [2.45, 2.75) is 51.0 Å². The number of H-pyrrole nitrogens is 1. The summed E-state index contributed by atoms with van der Waals surface area (Å²) in [4.78, 5) is 28.7. The van der Waals surface area contributed by atoms with Crippen molar-refractivity contribution in [1.29, 1.82) is 0 Å². The molecule has 2 aromatic heterocycles. The number of anilines is 1. The minimum atomic E-state index is -1.37. The first-order valence-corrected chi connectivity index (χ1v) is 11.8. The highest BCUT2D eigenvalue weighted by molar-refractivity contribution is 6.13. The van der Waals surface area contributed by atoms with Crippen molar-refractivity contribution in [3.05, 3.63) is 70.2 Å². The second-order valence-corrected chi connectivity index (χ2v) is 9.60. The summed E-state index contributed by atoms with van der Waals surface area (Å²) >= 11 is 0. The standard InChI is InChI=1S/C27H28N2O8/c1-13-19(35-26-21(31)20(30)23(34-4)27(2,3)37-26)10-9-14-11-18(25(33)36-22(13)14)29-24(32)16-12-28-17-8-6-5-7-15(16)17/h5-12,20-21,23,26,28,30-31H,1-4H3,(H,29,32)/t20-,21+,23+,26+/m0/s1. The molecule has 0 spiro atoms. The van der Waals surface area contributed by atoms with Crippen LogP contribution in [0.1, 0.15) is 29.8 Å². The van der Waals surface area contributed by atoms with Crippen molar-refractivity contribution < 1.29 is 33.6 Å². The third-order valence-corrected chi connectivity index (χ3v) is 6.72. The Labute approximate surface area is 211 Å². The molecule has 10 nitrogen and oxygen atoms in total. The van der Waals surface area contributed by atoms with E-state index in [0.717, 1.165) is 10.9 Å². The number of methoxy groups -OCH3 is 1. The zero-order valence-corrected chi connectivity index (χ0v) is 20.8. The maximum absolute atomic E-state index is 12.9. The Morgan fingerprint density at radius 3 is 2.65 bits per heavy atom. The van der Waals surface area contributed by atoms with Crippen molar-refractivity contribution in [1.82, 2.24) is 4.98 Å². The van der Waals surface area contributed by atoms with Gasteiger partial charge in [0.05, 0.1) is 11.2 Å². The third-order valence-electron chi connectivity index (χ3n) is 6.72. The molecule has 4 N–H and O–H groups in total. The number of hydrogen-bond acceptors (Lipinski definition) is 8. The molecular weight excluding hydrogens is 480 g/mol. The predicted octanol–water partition coefficient (Wildman–Crippen LogP) is 3.09. The van der Waals surface area contributed by atoms with Crippen LogP contribution >= 0.6 is 0 Å². The Kier molecular flexibility index (Phi) is 6.28. The van der Waals surface area contributed by atoms with Gasteiger partial charge in [0.2, 0.25) is 6.29 Å². The van der Waals surface area contributed by atoms with Crippen LogP contribution in [-0.4, -0.2) is 58.4 Å². The van der Waals surface area contributed by atoms with E-state index in [1.165, 1.54) is 13.2 Å². The van der Waals surface area contributed by atoms with Crippen LogP contribution < -0.4 is 15.7 Å². The Bertz CT molecular complexity index is 1540. The number of nitrogens with one attached hydrogen (secondary N) is 2. The average molecular weight is 509 g/mol. The normalized spacial score (nSPS) is 23.3. The van der Waals surface area contributed by atoms with E-state index in [0.29, 0.717) is 22.3 Å². The Morgan fingerprint density at radius 2 is 1.89 bits per heavy atom. The van der Waals surface area contributed by atoms with Gasteiger partial charge in [-0.25, -0.2) is 4.79 Å². The van der Waals surface area contributed by atoms with Crippen LogP contribution in [0.15, 0.2) is 57.9 Å². The zero-order chi connectivity index (χ0) is 26.5. The molecule has 37 heavy (non-hydrogen) atoms. The summed E-state index contributed by atoms with van der Waals surface area (Å²) in [5.41, 5.74) is 0.289. The first-order chi connectivity index (χ1) is 17.6. The van der Waals surface area contributed by atoms with Gasteiger partial charge in [0.1, 0.15) is 35.3 Å². The van der Waals surface area contributed by atoms with E-state index in [2.05, 4.69) is 10.3 Å². The van der Waals surface area contributed by atoms with E-state index >= 15 is 0 Å². The highest BCUT2D eigenvalue weighted by Gasteiger charge is 2.50. The van der Waals surface area contributed by atoms with Gasteiger partial charge < -0.3 is 39.1 Å². The van der Waals surface area contributed by atoms with Crippen LogP contribution in [0.5, 0.6) is 5.75 Å². The van der Waals surface area contributed by atoms with Gasteiger partial charge in [-0.3, -0.25) is 4.79 Å². The van der Waals surface area contributed by atoms with Gasteiger partial charge in [-0.15, -0.1) is 0 Å². The number of aromatic nitrogens is 1. The van der Waals surface area contributed by atoms with E-state index in [-0.39, 0.29) is 11.3 Å². The monoisotopic (exact) mass is 508 g/mol. The van der Waals surface area contributed by atoms with Crippen LogP contribution in [0.4, 0.5) is 5.69 Å². The third kappa shape index (κ3) is 4.38. The quantitative estimate of drug-likeness (QED) is 0.301. The molecule has 2 aromatic carbocycles. The van der Waals surface area contributed by atoms with Gasteiger partial charge in [-0.2, -0.15) is 0 Å². The first kappa shape index (κ1) is 25.0. The fraction of sp³-hybridized carbons (Fsp3) is 0.333. The van der Waals surface area contributed by atoms with Gasteiger partial charge in [-0.1, -0.05) is 18.2 Å². The highest BCUT2D eigenvalue weighted by Crippen LogP contribution is 2.35. The van der Waals surface area contributed by atoms with Gasteiger partial charge in [0.25, 0.3) is 5.91 Å². The summed E-state index contributed by atoms with van der Waals surface area (Å²) in [5.74, 6) is -0.145. The molecule has 0 bridgehead atoms. The summed E-state index contributed by atoms with van der Waals surface area (Å²) in [5, 5.41) is 25.0. The number of aromatic amines is 1. The first-order valence-electron chi connectivity index (χ1n) is 11.8. The minimum absolute atomic E-state index is 0.00244. The molecule has 3 heterocycles. The summed E-state index contributed by atoms with van der Waals surface area (Å²) in [6, 6.07) is 12.2. The molecule has 0 unspecified atom stereocenters. The zero-order valence-electron chi connectivity index (χ0n) is 20.8. The number of carbonyl (C=O) groups is 1. The molecule has 1 fully saturated rings. The lowest BCUT2D eigenvalue weighted by Crippen LogP contribution is -2.63. The van der Waals surface area contributed by atoms with E-state index in [1.54, 1.807) is 39.1 Å². The number of aryl methyl sites for hydroxylation is 1. The fourth-order valence-corrected chi connectivity index (χ4v) is 4.80. The van der Waals surface area contributed by atoms with Crippen molar-refractivity contribution in [3.63, 3.8) is 0 Å². The number of aliphatic hydroxyl groups excluding tert-OH is 2. The SMILES string of the molecule is CO[C@@H]1[C@@H](O)[C@@H](O)[C@H](Oc2ccc3cc(NC(=O)c4c[nH]c5ccccc45)c(=O)oc3c2C)OC1(C)C. The molecule has 4 aromatic rings. The molecule has 1 saturated heterocycles. The summed E-state index contributed by atoms with van der Waals surface area (Å²) < 4.78 is 22.6. The van der Waals surface area contributed by atoms with Crippen molar-refractivity contribution >= 4 is 33.5 Å². The van der Waals surface area contributed by atoms with Crippen LogP contribution in [0, 0.1) is 6.92 Å². The molecular formula is C27H28N2O8. The number of ether oxygens (including phenoxy) is 3. The van der Waals surface area contributed by atoms with Crippen LogP contribution in [0.2, 0.25) is 0 Å². The summed E-state index contributed by atoms with van der Waals surface area (Å²) in [7, 11) is 1.43. The molecule has 1 aliphatic rings. The average Bonchev–Trinajstić information content (AvgIpc) is 3.29. The number of carbonyl (C=O) groups excluding carboxylic acids is 1. The van der Waals surface area contributed by atoms with Crippen molar-refractivity contribution in [2.75, 3.05) is 12.4 Å². The van der Waals surface area contributed by atoms with Crippen LogP contribution in [0.3, 0.4) is 0 Å². The number of hydrogen-bond donors (Lipinski definition) is 4. The van der Waals surface area contributed by atoms with Gasteiger partial charge >= 0.3 is 5.63 Å². The number of fused-ring (bicyclic) bond motifs is 2. The molecule has 5 rings (SSSR count). The largest absolute Gasteiger partial charge is 0.462 e. The second-order valence-electron chi connectivity index (χ2n) is 9.60. The van der Waals surface area contributed by atoms with E-state index in [1.807, 2.05) is 24.3 Å². The summed E-state index contributed by atoms with van der Waals surface area (Å²) in [6.45, 7) is 5.15. The van der Waals surface area contributed by atoms with Gasteiger partial charge in [0.15, 0.2) is 0 Å². The smallest absolute Gasteiger partial charge is 0.360 e. The molecule has 4 atom stereocenters. The van der Waals surface area contributed by atoms with Gasteiger partial charge in [-0.05, 0) is 45.0 Å². The minimum Gasteiger partial charge on any atom is -0.462 e. The second kappa shape index (κ2) is 9.31. The highest BCUT2D eigenvalue weighted by atomic mass is 16.7. The Balaban J connectivity index is 1.41. The van der Waals surface area contributed by atoms with E-state index in [9.17, 15) is 19.8 Å². The fourth-order valence-electron chi connectivity index (χ4n) is 4.80. The van der Waals surface area contributed by atoms with Crippen LogP contribution in [-0.2, 0) is 9.47 Å². The van der Waals surface area contributed by atoms with E-state index in [4.69, 9.17) is 18.6 Å². The molecule has 0 saturated carbocycles. The number of para-hydroxylation sites is 1. The lowest BCUT2D eigenvalue weighted by atomic mass is 9.89. The molecule has 1 aliphatic heterocycles. The molecule has 0 aliphatic carbocycles. The number of aliphatic hydroxyl groups is 2. The maximum atomic E-state index is 12.9. The van der Waals surface area contributed by atoms with E-state index < -0.39 is 41.7 Å². The van der Waals surface area contributed by atoms with Crippen molar-refractivity contribution in [2.24, 2.45) is 0 Å². The molecule has 1 amide bonds. The van der Waals surface area contributed by atoms with Gasteiger partial charge in [0, 0.05) is 35.2 Å². The molecule has 0 radical (unpaired) electrons. The van der Waals surface area contributed by atoms with Crippen molar-refractivity contribution in [3.8, 4) is 5.75 Å². The molecule has 194 valence electrons. The Morgan fingerprint density at radius 1 is 1.14 bits per heavy atom. The molecule has 10 heteroatoms. The number of rotatable bonds is 5. The Hall–Kier alpha value is -3.70. The number of amides is 1. The topological polar surface area (TPSA) is 143 Å².